The Balaban J connectivity index is 1.38. The van der Waals surface area contributed by atoms with Crippen molar-refractivity contribution in [3.8, 4) is 11.1 Å². The normalized spacial score (nSPS) is 13.7. The zero-order valence-corrected chi connectivity index (χ0v) is 18.9. The molecule has 1 heterocycles. The van der Waals surface area contributed by atoms with Crippen molar-refractivity contribution in [2.24, 2.45) is 0 Å². The molecule has 1 aromatic heterocycles. The highest BCUT2D eigenvalue weighted by Crippen LogP contribution is 2.41. The monoisotopic (exact) mass is 436 g/mol. The van der Waals surface area contributed by atoms with Crippen LogP contribution >= 0.6 is 11.3 Å². The largest absolute Gasteiger partial charge is 0.135 e. The van der Waals surface area contributed by atoms with E-state index in [1.807, 2.05) is 11.3 Å². The smallest absolute Gasteiger partial charge is 0.0361 e. The molecular formula is C32H20S. The Kier molecular flexibility index (Phi) is 3.48. The molecule has 0 saturated heterocycles. The maximum absolute atomic E-state index is 2.44. The van der Waals surface area contributed by atoms with Crippen LogP contribution in [0.4, 0.5) is 0 Å². The van der Waals surface area contributed by atoms with Gasteiger partial charge in [0.15, 0.2) is 0 Å². The van der Waals surface area contributed by atoms with Crippen LogP contribution in [0.2, 0.25) is 0 Å². The van der Waals surface area contributed by atoms with Gasteiger partial charge in [0.2, 0.25) is 0 Å². The van der Waals surface area contributed by atoms with E-state index >= 15 is 0 Å². The third-order valence-corrected chi connectivity index (χ3v) is 8.54. The summed E-state index contributed by atoms with van der Waals surface area (Å²) in [5, 5.41) is 10.8. The molecule has 0 unspecified atom stereocenters. The zero-order valence-electron chi connectivity index (χ0n) is 18.1. The van der Waals surface area contributed by atoms with Gasteiger partial charge in [0.1, 0.15) is 0 Å². The zero-order chi connectivity index (χ0) is 21.5. The molecule has 33 heavy (non-hydrogen) atoms. The Morgan fingerprint density at radius 2 is 1.30 bits per heavy atom. The van der Waals surface area contributed by atoms with Crippen molar-refractivity contribution in [2.75, 3.05) is 0 Å². The molecule has 0 saturated carbocycles. The van der Waals surface area contributed by atoms with E-state index < -0.39 is 0 Å². The van der Waals surface area contributed by atoms with Crippen LogP contribution in [0.3, 0.4) is 0 Å². The van der Waals surface area contributed by atoms with Crippen LogP contribution in [0.1, 0.15) is 17.5 Å². The van der Waals surface area contributed by atoms with Gasteiger partial charge < -0.3 is 0 Å². The molecule has 0 aliphatic heterocycles. The fourth-order valence-corrected chi connectivity index (χ4v) is 6.92. The lowest BCUT2D eigenvalue weighted by atomic mass is 9.91. The van der Waals surface area contributed by atoms with E-state index in [0.717, 1.165) is 12.8 Å². The number of aryl methyl sites for hydroxylation is 1. The number of benzene rings is 6. The molecule has 0 spiro atoms. The van der Waals surface area contributed by atoms with Crippen LogP contribution in [0.25, 0.3) is 69.7 Å². The van der Waals surface area contributed by atoms with Crippen LogP contribution in [-0.4, -0.2) is 0 Å². The summed E-state index contributed by atoms with van der Waals surface area (Å²) in [5.41, 5.74) is 5.47. The predicted octanol–water partition coefficient (Wildman–Crippen LogP) is 9.58. The average molecular weight is 437 g/mol. The Hall–Kier alpha value is -3.68. The van der Waals surface area contributed by atoms with Gasteiger partial charge in [-0.05, 0) is 104 Å². The van der Waals surface area contributed by atoms with Crippen molar-refractivity contribution in [2.45, 2.75) is 12.8 Å². The average Bonchev–Trinajstić information content (AvgIpc) is 3.22. The molecular weight excluding hydrogens is 416 g/mol. The van der Waals surface area contributed by atoms with E-state index in [9.17, 15) is 0 Å². The molecule has 0 bridgehead atoms. The van der Waals surface area contributed by atoms with E-state index in [1.54, 1.807) is 0 Å². The summed E-state index contributed by atoms with van der Waals surface area (Å²) in [6, 6.07) is 32.3. The van der Waals surface area contributed by atoms with E-state index in [-0.39, 0.29) is 0 Å². The minimum absolute atomic E-state index is 1.15. The first kappa shape index (κ1) is 17.8. The molecule has 1 heteroatoms. The molecule has 0 N–H and O–H groups in total. The fraction of sp³-hybridized carbons (Fsp3) is 0.0625. The molecule has 8 rings (SSSR count). The van der Waals surface area contributed by atoms with E-state index in [1.165, 1.54) is 74.7 Å². The van der Waals surface area contributed by atoms with E-state index in [4.69, 9.17) is 0 Å². The maximum atomic E-state index is 2.44. The summed E-state index contributed by atoms with van der Waals surface area (Å²) >= 11 is 1.91. The molecule has 7 aromatic rings. The molecule has 0 atom stereocenters. The van der Waals surface area contributed by atoms with Gasteiger partial charge >= 0.3 is 0 Å². The summed E-state index contributed by atoms with van der Waals surface area (Å²) in [7, 11) is 0. The topological polar surface area (TPSA) is 0 Å². The Morgan fingerprint density at radius 1 is 0.576 bits per heavy atom. The number of thiophene rings is 1. The second-order valence-corrected chi connectivity index (χ2v) is 10.4. The van der Waals surface area contributed by atoms with Gasteiger partial charge in [0.25, 0.3) is 0 Å². The Labute approximate surface area is 195 Å². The van der Waals surface area contributed by atoms with Crippen LogP contribution in [-0.2, 0) is 6.42 Å². The van der Waals surface area contributed by atoms with Crippen molar-refractivity contribution < 1.29 is 0 Å². The number of hydrogen-bond acceptors (Lipinski definition) is 1. The first-order chi connectivity index (χ1) is 16.3. The van der Waals surface area contributed by atoms with Gasteiger partial charge in [-0.15, -0.1) is 11.3 Å². The number of fused-ring (bicyclic) bond motifs is 4. The first-order valence-corrected chi connectivity index (χ1v) is 12.5. The predicted molar refractivity (Wildman–Crippen MR) is 146 cm³/mol. The second-order valence-electron chi connectivity index (χ2n) is 9.31. The molecule has 1 aliphatic rings. The van der Waals surface area contributed by atoms with Crippen molar-refractivity contribution in [1.29, 1.82) is 0 Å². The van der Waals surface area contributed by atoms with Gasteiger partial charge in [-0.2, -0.15) is 0 Å². The van der Waals surface area contributed by atoms with Gasteiger partial charge in [0, 0.05) is 20.2 Å². The molecule has 0 amide bonds. The minimum atomic E-state index is 1.15. The summed E-state index contributed by atoms with van der Waals surface area (Å²) < 4.78 is 2.76. The third-order valence-electron chi connectivity index (χ3n) is 7.41. The van der Waals surface area contributed by atoms with E-state index in [0.29, 0.717) is 0 Å². The van der Waals surface area contributed by atoms with Gasteiger partial charge in [0.05, 0.1) is 0 Å². The van der Waals surface area contributed by atoms with Gasteiger partial charge in [-0.25, -0.2) is 0 Å². The van der Waals surface area contributed by atoms with Crippen molar-refractivity contribution >= 4 is 69.9 Å². The highest BCUT2D eigenvalue weighted by molar-refractivity contribution is 7.25. The molecule has 0 fully saturated rings. The summed E-state index contributed by atoms with van der Waals surface area (Å²) in [4.78, 5) is 0. The minimum Gasteiger partial charge on any atom is -0.135 e. The standard InChI is InChI=1S/C32H20S/c1-2-5-22-18-30-28(16-21(22)4-1)27-17-23(12-13-29(27)33-30)26-14-24-10-8-19-6-3-7-20-9-11-25(15-26)32(24)31(19)20/h2-3,5-18H,1,4H2. The highest BCUT2D eigenvalue weighted by Gasteiger charge is 2.13. The maximum Gasteiger partial charge on any atom is 0.0361 e. The lowest BCUT2D eigenvalue weighted by molar-refractivity contribution is 0.989. The third kappa shape index (κ3) is 2.52. The summed E-state index contributed by atoms with van der Waals surface area (Å²) in [6.45, 7) is 0. The van der Waals surface area contributed by atoms with Crippen molar-refractivity contribution in [3.05, 3.63) is 102 Å². The van der Waals surface area contributed by atoms with Gasteiger partial charge in [-0.1, -0.05) is 60.7 Å². The Morgan fingerprint density at radius 3 is 2.12 bits per heavy atom. The molecule has 0 nitrogen and oxygen atoms in total. The van der Waals surface area contributed by atoms with Crippen LogP contribution in [0, 0.1) is 0 Å². The Bertz CT molecular complexity index is 1850. The van der Waals surface area contributed by atoms with Crippen LogP contribution in [0.15, 0.2) is 91.0 Å². The number of hydrogen-bond donors (Lipinski definition) is 0. The van der Waals surface area contributed by atoms with Crippen LogP contribution < -0.4 is 0 Å². The van der Waals surface area contributed by atoms with Gasteiger partial charge in [-0.3, -0.25) is 0 Å². The quantitative estimate of drug-likeness (QED) is 0.225. The lowest BCUT2D eigenvalue weighted by Crippen LogP contribution is -1.92. The summed E-state index contributed by atoms with van der Waals surface area (Å²) in [6.07, 6.45) is 6.88. The second kappa shape index (κ2) is 6.43. The fourth-order valence-electron chi connectivity index (χ4n) is 5.80. The van der Waals surface area contributed by atoms with Crippen molar-refractivity contribution in [1.82, 2.24) is 0 Å². The molecule has 0 radical (unpaired) electrons. The lowest BCUT2D eigenvalue weighted by Gasteiger charge is -2.13. The molecule has 6 aromatic carbocycles. The van der Waals surface area contributed by atoms with Crippen molar-refractivity contribution in [3.63, 3.8) is 0 Å². The molecule has 154 valence electrons. The van der Waals surface area contributed by atoms with E-state index in [2.05, 4.69) is 97.1 Å². The van der Waals surface area contributed by atoms with Crippen LogP contribution in [0.5, 0.6) is 0 Å². The summed E-state index contributed by atoms with van der Waals surface area (Å²) in [5.74, 6) is 0. The number of allylic oxidation sites excluding steroid dienone is 1. The molecule has 1 aliphatic carbocycles. The first-order valence-electron chi connectivity index (χ1n) is 11.7. The highest BCUT2D eigenvalue weighted by atomic mass is 32.1. The number of rotatable bonds is 1. The SMILES string of the molecule is C1=Cc2cc3sc4ccc(-c5cc6ccc7cccc8ccc(c5)c6c78)cc4c3cc2CC1.